The van der Waals surface area contributed by atoms with Gasteiger partial charge in [-0.15, -0.1) is 0 Å². The standard InChI is InChI=1S/C53H89N7O14/c1-41-22-24-42(25-23-41)37-45(52(54)68)59-38-46(61)43(55-2)19-17-18-28-56-49(64)39-73-35-34-72-32-30-58-50(65)40-74-36-33-71-31-29-57-47(62)27-26-44(53(69)70)60-48(63)20-15-13-11-9-7-5-3-4-6-8-10-12-14-16-21-51(66)67/h2,22-25,43-45,55,59H,3-21,26-40H2,1H3,(H2,54,68)(H,56,64)(H,57,62)(H,58,65)(H,60,63)(H,66,67)(H,69,70)/t43-,44-,45-/m0/s1. The van der Waals surface area contributed by atoms with E-state index >= 15 is 0 Å². The molecule has 0 spiro atoms. The number of carbonyl (C=O) groups excluding carboxylic acids is 6. The van der Waals surface area contributed by atoms with Crippen molar-refractivity contribution < 1.29 is 67.5 Å². The maximum atomic E-state index is 12.7. The van der Waals surface area contributed by atoms with Gasteiger partial charge in [-0.3, -0.25) is 38.9 Å². The van der Waals surface area contributed by atoms with Crippen molar-refractivity contribution in [1.82, 2.24) is 31.9 Å². The molecule has 420 valence electrons. The highest BCUT2D eigenvalue weighted by molar-refractivity contribution is 5.87. The summed E-state index contributed by atoms with van der Waals surface area (Å²) in [5, 5.41) is 34.3. The lowest BCUT2D eigenvalue weighted by Gasteiger charge is -2.19. The first-order valence-corrected chi connectivity index (χ1v) is 26.6. The van der Waals surface area contributed by atoms with Crippen LogP contribution in [0.1, 0.15) is 146 Å². The van der Waals surface area contributed by atoms with Crippen molar-refractivity contribution in [1.29, 1.82) is 0 Å². The van der Waals surface area contributed by atoms with E-state index in [0.717, 1.165) is 56.1 Å². The molecule has 0 saturated carbocycles. The number of primary amides is 1. The zero-order chi connectivity index (χ0) is 54.4. The second-order valence-electron chi connectivity index (χ2n) is 18.4. The Hall–Kier alpha value is -5.06. The van der Waals surface area contributed by atoms with Crippen molar-refractivity contribution in [2.24, 2.45) is 5.73 Å². The lowest BCUT2D eigenvalue weighted by atomic mass is 10.0. The molecule has 0 saturated heterocycles. The lowest BCUT2D eigenvalue weighted by Crippen LogP contribution is -2.48. The number of carboxylic acids is 2. The van der Waals surface area contributed by atoms with Crippen LogP contribution < -0.4 is 37.6 Å². The van der Waals surface area contributed by atoms with E-state index in [1.54, 1.807) is 0 Å². The van der Waals surface area contributed by atoms with E-state index in [1.807, 2.05) is 31.2 Å². The molecule has 0 aliphatic rings. The quantitative estimate of drug-likeness (QED) is 0.0333. The number of nitrogens with one attached hydrogen (secondary N) is 6. The first-order chi connectivity index (χ1) is 35.7. The summed E-state index contributed by atoms with van der Waals surface area (Å²) >= 11 is 0. The van der Waals surface area contributed by atoms with Crippen molar-refractivity contribution in [2.45, 2.75) is 166 Å². The van der Waals surface area contributed by atoms with Crippen molar-refractivity contribution in [2.75, 3.05) is 79.0 Å². The van der Waals surface area contributed by atoms with E-state index in [0.29, 0.717) is 38.6 Å². The predicted molar refractivity (Wildman–Crippen MR) is 279 cm³/mol. The second kappa shape index (κ2) is 45.3. The number of carboxylic acid groups (broad SMARTS) is 2. The minimum atomic E-state index is -1.19. The molecule has 0 aliphatic heterocycles. The van der Waals surface area contributed by atoms with Crippen LogP contribution in [0, 0.1) is 14.0 Å². The van der Waals surface area contributed by atoms with Crippen LogP contribution in [0.3, 0.4) is 0 Å². The van der Waals surface area contributed by atoms with Gasteiger partial charge in [-0.05, 0) is 57.4 Å². The summed E-state index contributed by atoms with van der Waals surface area (Å²) < 4.78 is 21.5. The molecule has 1 aromatic rings. The van der Waals surface area contributed by atoms with Gasteiger partial charge >= 0.3 is 11.9 Å². The molecule has 1 aromatic carbocycles. The van der Waals surface area contributed by atoms with Gasteiger partial charge in [0.15, 0.2) is 5.78 Å². The molecule has 0 unspecified atom stereocenters. The SMILES string of the molecule is [CH]N[C@@H](CCCCNC(=O)COCCOCCNC(=O)COCCOCCNC(=O)CC[C@H](NC(=O)CCCCCCCCCCCCCCCCC(=O)O)C(=O)O)C(=O)CN[C@@H](Cc1ccc(C)cc1)C(N)=O. The van der Waals surface area contributed by atoms with Crippen molar-refractivity contribution in [3.05, 3.63) is 42.4 Å². The normalized spacial score (nSPS) is 12.4. The third-order valence-electron chi connectivity index (χ3n) is 11.9. The Kier molecular flexibility index (Phi) is 41.0. The fraction of sp³-hybridized carbons (Fsp3) is 0.717. The van der Waals surface area contributed by atoms with Gasteiger partial charge in [0, 0.05) is 45.9 Å². The number of hydrogen-bond donors (Lipinski definition) is 9. The Labute approximate surface area is 439 Å². The van der Waals surface area contributed by atoms with Crippen LogP contribution in [0.25, 0.3) is 0 Å². The number of carbonyl (C=O) groups is 8. The summed E-state index contributed by atoms with van der Waals surface area (Å²) in [4.78, 5) is 95.6. The Morgan fingerprint density at radius 1 is 0.527 bits per heavy atom. The average molecular weight is 1050 g/mol. The molecule has 0 fully saturated rings. The van der Waals surface area contributed by atoms with Crippen molar-refractivity contribution in [3.63, 3.8) is 0 Å². The molecule has 2 radical (unpaired) electrons. The number of ether oxygens (including phenoxy) is 4. The molecule has 0 aromatic heterocycles. The molecule has 3 atom stereocenters. The molecular formula is C53H89N7O14. The predicted octanol–water partition coefficient (Wildman–Crippen LogP) is 3.44. The van der Waals surface area contributed by atoms with E-state index in [9.17, 15) is 43.5 Å². The Balaban J connectivity index is 1.95. The highest BCUT2D eigenvalue weighted by atomic mass is 16.5. The monoisotopic (exact) mass is 1050 g/mol. The maximum absolute atomic E-state index is 12.7. The molecule has 0 heterocycles. The zero-order valence-electron chi connectivity index (χ0n) is 44.0. The molecule has 21 heteroatoms. The van der Waals surface area contributed by atoms with Crippen LogP contribution in [0.4, 0.5) is 0 Å². The van der Waals surface area contributed by atoms with E-state index in [4.69, 9.17) is 36.8 Å². The Morgan fingerprint density at radius 3 is 1.51 bits per heavy atom. The highest BCUT2D eigenvalue weighted by Gasteiger charge is 2.22. The number of Topliss-reactive ketones (excluding diaryl/α,β-unsaturated/α-hetero) is 1. The molecule has 1 rings (SSSR count). The number of aryl methyl sites for hydroxylation is 1. The van der Waals surface area contributed by atoms with Gasteiger partial charge in [0.25, 0.3) is 0 Å². The van der Waals surface area contributed by atoms with Gasteiger partial charge in [0.1, 0.15) is 19.3 Å². The summed E-state index contributed by atoms with van der Waals surface area (Å²) in [6.45, 7) is 3.51. The van der Waals surface area contributed by atoms with Crippen LogP contribution in [0.15, 0.2) is 24.3 Å². The summed E-state index contributed by atoms with van der Waals surface area (Å²) in [6.07, 6.45) is 17.4. The highest BCUT2D eigenvalue weighted by Crippen LogP contribution is 2.14. The van der Waals surface area contributed by atoms with Crippen LogP contribution >= 0.6 is 0 Å². The van der Waals surface area contributed by atoms with Gasteiger partial charge in [-0.2, -0.15) is 0 Å². The van der Waals surface area contributed by atoms with E-state index in [2.05, 4.69) is 31.9 Å². The first kappa shape index (κ1) is 67.0. The van der Waals surface area contributed by atoms with E-state index in [-0.39, 0.29) is 128 Å². The van der Waals surface area contributed by atoms with Gasteiger partial charge in [-0.1, -0.05) is 107 Å². The summed E-state index contributed by atoms with van der Waals surface area (Å²) in [5.41, 5.74) is 7.57. The second-order valence-corrected chi connectivity index (χ2v) is 18.4. The van der Waals surface area contributed by atoms with Crippen molar-refractivity contribution in [3.8, 4) is 0 Å². The van der Waals surface area contributed by atoms with Gasteiger partial charge in [0.2, 0.25) is 29.5 Å². The smallest absolute Gasteiger partial charge is 0.326 e. The Bertz CT molecular complexity index is 1720. The third-order valence-corrected chi connectivity index (χ3v) is 11.9. The summed E-state index contributed by atoms with van der Waals surface area (Å²) in [7, 11) is 5.61. The topological polar surface area (TPSA) is 312 Å². The number of unbranched alkanes of at least 4 members (excludes halogenated alkanes) is 14. The number of nitrogens with two attached hydrogens (primary N) is 1. The summed E-state index contributed by atoms with van der Waals surface area (Å²) in [6, 6.07) is 5.23. The van der Waals surface area contributed by atoms with Gasteiger partial charge in [0.05, 0.1) is 58.3 Å². The zero-order valence-corrected chi connectivity index (χ0v) is 44.0. The fourth-order valence-electron chi connectivity index (χ4n) is 7.59. The molecule has 10 N–H and O–H groups in total. The number of ketones is 1. The molecular weight excluding hydrogens is 959 g/mol. The third kappa shape index (κ3) is 39.4. The maximum Gasteiger partial charge on any atom is 0.326 e. The largest absolute Gasteiger partial charge is 0.481 e. The summed E-state index contributed by atoms with van der Waals surface area (Å²) in [5.74, 6) is -4.01. The number of aliphatic carboxylic acids is 2. The minimum Gasteiger partial charge on any atom is -0.481 e. The van der Waals surface area contributed by atoms with Crippen LogP contribution in [-0.4, -0.2) is 155 Å². The minimum absolute atomic E-state index is 0.0383. The van der Waals surface area contributed by atoms with Crippen LogP contribution in [0.2, 0.25) is 0 Å². The van der Waals surface area contributed by atoms with E-state index < -0.39 is 36.0 Å². The van der Waals surface area contributed by atoms with Gasteiger partial charge < -0.3 is 61.5 Å². The molecule has 5 amide bonds. The fourth-order valence-corrected chi connectivity index (χ4v) is 7.59. The number of amides is 5. The molecule has 74 heavy (non-hydrogen) atoms. The molecule has 21 nitrogen and oxygen atoms in total. The van der Waals surface area contributed by atoms with Crippen LogP contribution in [-0.2, 0) is 63.7 Å². The van der Waals surface area contributed by atoms with E-state index in [1.165, 1.54) is 38.5 Å². The number of rotatable bonds is 51. The molecule has 0 aliphatic carbocycles. The molecule has 0 bridgehead atoms. The first-order valence-electron chi connectivity index (χ1n) is 26.6. The van der Waals surface area contributed by atoms with Gasteiger partial charge in [-0.25, -0.2) is 4.79 Å². The number of benzene rings is 1. The average Bonchev–Trinajstić information content (AvgIpc) is 3.36. The number of hydrogen-bond acceptors (Lipinski definition) is 14. The van der Waals surface area contributed by atoms with Crippen LogP contribution in [0.5, 0.6) is 0 Å². The Morgan fingerprint density at radius 2 is 1.01 bits per heavy atom. The van der Waals surface area contributed by atoms with Crippen molar-refractivity contribution >= 4 is 47.3 Å². The lowest BCUT2D eigenvalue weighted by molar-refractivity contribution is -0.142.